The number of benzene rings is 2. The highest BCUT2D eigenvalue weighted by atomic mass is 16.6. The van der Waals surface area contributed by atoms with Crippen molar-refractivity contribution >= 4 is 5.91 Å². The fraction of sp³-hybridized carbons (Fsp3) is 0.278. The van der Waals surface area contributed by atoms with E-state index in [-0.39, 0.29) is 18.6 Å². The van der Waals surface area contributed by atoms with Gasteiger partial charge in [0.1, 0.15) is 18.5 Å². The molecule has 120 valence electrons. The first-order valence-corrected chi connectivity index (χ1v) is 7.55. The highest BCUT2D eigenvalue weighted by Crippen LogP contribution is 2.30. The molecule has 0 unspecified atom stereocenters. The second-order valence-corrected chi connectivity index (χ2v) is 5.41. The van der Waals surface area contributed by atoms with Crippen molar-refractivity contribution in [3.05, 3.63) is 54.1 Å². The molecule has 2 aromatic carbocycles. The Morgan fingerprint density at radius 1 is 1.22 bits per heavy atom. The van der Waals surface area contributed by atoms with E-state index in [1.165, 1.54) is 0 Å². The van der Waals surface area contributed by atoms with E-state index in [1.54, 1.807) is 0 Å². The first-order chi connectivity index (χ1) is 11.2. The van der Waals surface area contributed by atoms with Gasteiger partial charge in [0.15, 0.2) is 18.1 Å². The summed E-state index contributed by atoms with van der Waals surface area (Å²) in [4.78, 5) is 11.9. The molecule has 23 heavy (non-hydrogen) atoms. The molecule has 1 aliphatic rings. The van der Waals surface area contributed by atoms with Crippen LogP contribution in [0, 0.1) is 6.92 Å². The molecule has 2 aromatic rings. The molecule has 0 saturated carbocycles. The highest BCUT2D eigenvalue weighted by molar-refractivity contribution is 5.77. The summed E-state index contributed by atoms with van der Waals surface area (Å²) in [5.41, 5.74) is 1.09. The van der Waals surface area contributed by atoms with Gasteiger partial charge >= 0.3 is 0 Å². The van der Waals surface area contributed by atoms with Crippen molar-refractivity contribution in [3.63, 3.8) is 0 Å². The Hall–Kier alpha value is -2.69. The second-order valence-electron chi connectivity index (χ2n) is 5.41. The summed E-state index contributed by atoms with van der Waals surface area (Å²) in [6.45, 7) is 2.75. The standard InChI is InChI=1S/C18H19NO4/c1-13-5-4-6-14(9-13)21-12-18(20)19-10-15-11-22-16-7-2-3-8-17(16)23-15/h2-9,15H,10-12H2,1H3,(H,19,20)/t15-/m1/s1. The number of ether oxygens (including phenoxy) is 3. The molecular formula is C18H19NO4. The van der Waals surface area contributed by atoms with Gasteiger partial charge in [0, 0.05) is 0 Å². The van der Waals surface area contributed by atoms with Gasteiger partial charge in [-0.05, 0) is 36.8 Å². The molecule has 1 heterocycles. The smallest absolute Gasteiger partial charge is 0.258 e. The molecule has 0 aliphatic carbocycles. The van der Waals surface area contributed by atoms with Crippen LogP contribution in [0.1, 0.15) is 5.56 Å². The average molecular weight is 313 g/mol. The molecule has 3 rings (SSSR count). The summed E-state index contributed by atoms with van der Waals surface area (Å²) in [7, 11) is 0. The minimum Gasteiger partial charge on any atom is -0.486 e. The fourth-order valence-electron chi connectivity index (χ4n) is 2.30. The summed E-state index contributed by atoms with van der Waals surface area (Å²) < 4.78 is 16.8. The number of hydrogen-bond acceptors (Lipinski definition) is 4. The quantitative estimate of drug-likeness (QED) is 0.920. The van der Waals surface area contributed by atoms with E-state index in [4.69, 9.17) is 14.2 Å². The molecule has 1 amide bonds. The van der Waals surface area contributed by atoms with Crippen molar-refractivity contribution in [2.45, 2.75) is 13.0 Å². The molecule has 0 saturated heterocycles. The van der Waals surface area contributed by atoms with Crippen LogP contribution < -0.4 is 19.5 Å². The van der Waals surface area contributed by atoms with Crippen molar-refractivity contribution in [2.24, 2.45) is 0 Å². The lowest BCUT2D eigenvalue weighted by atomic mass is 10.2. The highest BCUT2D eigenvalue weighted by Gasteiger charge is 2.20. The maximum Gasteiger partial charge on any atom is 0.258 e. The Morgan fingerprint density at radius 2 is 2.04 bits per heavy atom. The van der Waals surface area contributed by atoms with Gasteiger partial charge in [0.05, 0.1) is 6.54 Å². The summed E-state index contributed by atoms with van der Waals surface area (Å²) >= 11 is 0. The number of aryl methyl sites for hydroxylation is 1. The van der Waals surface area contributed by atoms with Gasteiger partial charge in [-0.3, -0.25) is 4.79 Å². The lowest BCUT2D eigenvalue weighted by Gasteiger charge is -2.26. The van der Waals surface area contributed by atoms with E-state index < -0.39 is 0 Å². The summed E-state index contributed by atoms with van der Waals surface area (Å²) in [6, 6.07) is 15.1. The van der Waals surface area contributed by atoms with Crippen LogP contribution in [0.5, 0.6) is 17.2 Å². The molecule has 0 radical (unpaired) electrons. The Bertz CT molecular complexity index is 686. The van der Waals surface area contributed by atoms with Crippen LogP contribution in [0.15, 0.2) is 48.5 Å². The zero-order valence-electron chi connectivity index (χ0n) is 13.0. The van der Waals surface area contributed by atoms with E-state index >= 15 is 0 Å². The van der Waals surface area contributed by atoms with Crippen LogP contribution in [0.3, 0.4) is 0 Å². The lowest BCUT2D eigenvalue weighted by Crippen LogP contribution is -2.42. The number of fused-ring (bicyclic) bond motifs is 1. The topological polar surface area (TPSA) is 56.8 Å². The Labute approximate surface area is 135 Å². The van der Waals surface area contributed by atoms with Crippen LogP contribution in [-0.2, 0) is 4.79 Å². The maximum absolute atomic E-state index is 11.9. The van der Waals surface area contributed by atoms with Gasteiger partial charge in [-0.15, -0.1) is 0 Å². The monoisotopic (exact) mass is 313 g/mol. The third kappa shape index (κ3) is 4.16. The zero-order chi connectivity index (χ0) is 16.1. The predicted octanol–water partition coefficient (Wildman–Crippen LogP) is 2.33. The van der Waals surface area contributed by atoms with Gasteiger partial charge in [0.25, 0.3) is 5.91 Å². The SMILES string of the molecule is Cc1cccc(OCC(=O)NC[C@@H]2COc3ccccc3O2)c1. The van der Waals surface area contributed by atoms with Crippen molar-refractivity contribution in [1.82, 2.24) is 5.32 Å². The molecule has 1 N–H and O–H groups in total. The number of carbonyl (C=O) groups excluding carboxylic acids is 1. The third-order valence-electron chi connectivity index (χ3n) is 3.45. The van der Waals surface area contributed by atoms with E-state index in [0.29, 0.717) is 24.7 Å². The van der Waals surface area contributed by atoms with Crippen LogP contribution in [0.4, 0.5) is 0 Å². The number of para-hydroxylation sites is 2. The number of amides is 1. The predicted molar refractivity (Wildman–Crippen MR) is 86.0 cm³/mol. The molecule has 1 aliphatic heterocycles. The van der Waals surface area contributed by atoms with Gasteiger partial charge in [0.2, 0.25) is 0 Å². The minimum absolute atomic E-state index is 0.0202. The van der Waals surface area contributed by atoms with E-state index in [0.717, 1.165) is 11.3 Å². The Morgan fingerprint density at radius 3 is 2.87 bits per heavy atom. The summed E-state index contributed by atoms with van der Waals surface area (Å²) in [6.07, 6.45) is -0.201. The van der Waals surface area contributed by atoms with Crippen molar-refractivity contribution in [3.8, 4) is 17.2 Å². The van der Waals surface area contributed by atoms with E-state index in [9.17, 15) is 4.79 Å². The lowest BCUT2D eigenvalue weighted by molar-refractivity contribution is -0.123. The molecule has 5 heteroatoms. The molecule has 0 aromatic heterocycles. The van der Waals surface area contributed by atoms with Gasteiger partial charge in [-0.2, -0.15) is 0 Å². The average Bonchev–Trinajstić information content (AvgIpc) is 2.58. The second kappa shape index (κ2) is 7.05. The Kier molecular flexibility index (Phi) is 4.66. The van der Waals surface area contributed by atoms with E-state index in [1.807, 2.05) is 55.5 Å². The number of rotatable bonds is 5. The fourth-order valence-corrected chi connectivity index (χ4v) is 2.30. The molecule has 1 atom stereocenters. The summed E-state index contributed by atoms with van der Waals surface area (Å²) in [5, 5.41) is 2.80. The zero-order valence-corrected chi connectivity index (χ0v) is 13.0. The molecule has 0 spiro atoms. The van der Waals surface area contributed by atoms with E-state index in [2.05, 4.69) is 5.32 Å². The van der Waals surface area contributed by atoms with Crippen LogP contribution in [0.2, 0.25) is 0 Å². The number of nitrogens with one attached hydrogen (secondary N) is 1. The molecule has 5 nitrogen and oxygen atoms in total. The van der Waals surface area contributed by atoms with Gasteiger partial charge in [-0.1, -0.05) is 24.3 Å². The normalized spacial score (nSPS) is 15.8. The van der Waals surface area contributed by atoms with Crippen molar-refractivity contribution in [2.75, 3.05) is 19.8 Å². The Balaban J connectivity index is 1.43. The third-order valence-corrected chi connectivity index (χ3v) is 3.45. The molecular weight excluding hydrogens is 294 g/mol. The molecule has 0 bridgehead atoms. The van der Waals surface area contributed by atoms with Crippen LogP contribution in [0.25, 0.3) is 0 Å². The van der Waals surface area contributed by atoms with Gasteiger partial charge < -0.3 is 19.5 Å². The van der Waals surface area contributed by atoms with Crippen LogP contribution >= 0.6 is 0 Å². The van der Waals surface area contributed by atoms with Crippen molar-refractivity contribution in [1.29, 1.82) is 0 Å². The van der Waals surface area contributed by atoms with Crippen LogP contribution in [-0.4, -0.2) is 31.8 Å². The minimum atomic E-state index is -0.201. The van der Waals surface area contributed by atoms with Crippen molar-refractivity contribution < 1.29 is 19.0 Å². The largest absolute Gasteiger partial charge is 0.486 e. The first-order valence-electron chi connectivity index (χ1n) is 7.55. The maximum atomic E-state index is 11.9. The molecule has 0 fully saturated rings. The summed E-state index contributed by atoms with van der Waals surface area (Å²) in [5.74, 6) is 1.94. The number of hydrogen-bond donors (Lipinski definition) is 1. The van der Waals surface area contributed by atoms with Gasteiger partial charge in [-0.25, -0.2) is 0 Å². The number of carbonyl (C=O) groups is 1. The first kappa shape index (κ1) is 15.2.